The Morgan fingerprint density at radius 3 is 2.28 bits per heavy atom. The molecule has 29 heavy (non-hydrogen) atoms. The van der Waals surface area contributed by atoms with Gasteiger partial charge in [0.05, 0.1) is 6.04 Å². The Morgan fingerprint density at radius 2 is 1.83 bits per heavy atom. The van der Waals surface area contributed by atoms with Crippen molar-refractivity contribution in [2.45, 2.75) is 92.2 Å². The van der Waals surface area contributed by atoms with Gasteiger partial charge in [0.15, 0.2) is 11.5 Å². The molecule has 2 N–H and O–H groups in total. The molecular formula is C22H38N4O3. The first-order valence-electron chi connectivity index (χ1n) is 10.7. The van der Waals surface area contributed by atoms with E-state index in [4.69, 9.17) is 4.74 Å². The van der Waals surface area contributed by atoms with Crippen molar-refractivity contribution in [3.05, 3.63) is 21.9 Å². The van der Waals surface area contributed by atoms with Crippen LogP contribution in [0.15, 0.2) is 4.79 Å². The van der Waals surface area contributed by atoms with Crippen LogP contribution in [0.25, 0.3) is 0 Å². The van der Waals surface area contributed by atoms with Gasteiger partial charge in [-0.25, -0.2) is 0 Å². The number of aromatic nitrogens is 3. The van der Waals surface area contributed by atoms with E-state index in [1.54, 1.807) is 21.0 Å². The molecule has 7 heteroatoms. The largest absolute Gasteiger partial charge is 0.371 e. The molecule has 0 radical (unpaired) electrons. The number of carbonyl (C=O) groups is 1. The molecule has 1 aromatic rings. The number of aromatic amines is 1. The Balaban J connectivity index is 2.14. The van der Waals surface area contributed by atoms with Gasteiger partial charge in [-0.1, -0.05) is 34.6 Å². The number of nitrogens with one attached hydrogen (secondary N) is 2. The molecule has 0 spiro atoms. The van der Waals surface area contributed by atoms with E-state index in [0.717, 1.165) is 25.7 Å². The van der Waals surface area contributed by atoms with Crippen LogP contribution < -0.4 is 10.9 Å². The van der Waals surface area contributed by atoms with E-state index in [-0.39, 0.29) is 22.6 Å². The van der Waals surface area contributed by atoms with Crippen LogP contribution in [0.5, 0.6) is 0 Å². The van der Waals surface area contributed by atoms with Crippen LogP contribution in [0.2, 0.25) is 0 Å². The van der Waals surface area contributed by atoms with Crippen molar-refractivity contribution in [1.82, 2.24) is 20.5 Å². The molecule has 1 saturated carbocycles. The number of rotatable bonds is 6. The molecule has 0 bridgehead atoms. The summed E-state index contributed by atoms with van der Waals surface area (Å²) in [7, 11) is 1.55. The highest BCUT2D eigenvalue weighted by Gasteiger charge is 2.41. The van der Waals surface area contributed by atoms with E-state index in [2.05, 4.69) is 41.3 Å². The summed E-state index contributed by atoms with van der Waals surface area (Å²) in [6.07, 6.45) is 4.38. The lowest BCUT2D eigenvalue weighted by atomic mass is 9.64. The summed E-state index contributed by atoms with van der Waals surface area (Å²) in [5.41, 5.74) is -0.982. The molecule has 1 aromatic heterocycles. The highest BCUT2D eigenvalue weighted by molar-refractivity contribution is 5.82. The van der Waals surface area contributed by atoms with E-state index in [1.165, 1.54) is 0 Å². The number of hydrogen-bond acceptors (Lipinski definition) is 5. The van der Waals surface area contributed by atoms with Crippen LogP contribution in [0.1, 0.15) is 98.1 Å². The number of methoxy groups -OCH3 is 1. The second-order valence-electron chi connectivity index (χ2n) is 10.2. The minimum Gasteiger partial charge on any atom is -0.371 e. The average Bonchev–Trinajstić information content (AvgIpc) is 2.65. The van der Waals surface area contributed by atoms with E-state index in [1.807, 2.05) is 13.8 Å². The highest BCUT2D eigenvalue weighted by atomic mass is 16.5. The van der Waals surface area contributed by atoms with Crippen molar-refractivity contribution in [2.24, 2.45) is 16.7 Å². The lowest BCUT2D eigenvalue weighted by Gasteiger charge is -2.41. The summed E-state index contributed by atoms with van der Waals surface area (Å²) in [6.45, 7) is 14.4. The maximum atomic E-state index is 13.1. The lowest BCUT2D eigenvalue weighted by molar-refractivity contribution is -0.133. The summed E-state index contributed by atoms with van der Waals surface area (Å²) in [5, 5.41) is 11.4. The van der Waals surface area contributed by atoms with Crippen molar-refractivity contribution in [1.29, 1.82) is 0 Å². The van der Waals surface area contributed by atoms with E-state index >= 15 is 0 Å². The maximum absolute atomic E-state index is 13.1. The van der Waals surface area contributed by atoms with E-state index < -0.39 is 17.1 Å². The van der Waals surface area contributed by atoms with Gasteiger partial charge in [-0.05, 0) is 57.3 Å². The Hall–Kier alpha value is -1.76. The molecule has 1 fully saturated rings. The number of H-pyrrole nitrogens is 1. The number of carbonyl (C=O) groups excluding carboxylic acids is 1. The van der Waals surface area contributed by atoms with E-state index in [9.17, 15) is 9.59 Å². The molecule has 0 aromatic carbocycles. The average molecular weight is 407 g/mol. The zero-order valence-corrected chi connectivity index (χ0v) is 19.3. The normalized spacial score (nSPS) is 24.2. The van der Waals surface area contributed by atoms with Crippen molar-refractivity contribution in [3.8, 4) is 0 Å². The highest BCUT2D eigenvalue weighted by Crippen LogP contribution is 2.45. The van der Waals surface area contributed by atoms with Gasteiger partial charge in [0.2, 0.25) is 5.91 Å². The Morgan fingerprint density at radius 1 is 1.24 bits per heavy atom. The quantitative estimate of drug-likeness (QED) is 0.748. The third-order valence-corrected chi connectivity index (χ3v) is 6.71. The second-order valence-corrected chi connectivity index (χ2v) is 10.2. The van der Waals surface area contributed by atoms with Crippen LogP contribution in [-0.2, 0) is 15.1 Å². The fraction of sp³-hybridized carbons (Fsp3) is 0.818. The maximum Gasteiger partial charge on any atom is 0.275 e. The fourth-order valence-electron chi connectivity index (χ4n) is 3.99. The molecule has 1 unspecified atom stereocenters. The number of nitrogens with zero attached hydrogens (tertiary/aromatic N) is 2. The second kappa shape index (κ2) is 8.54. The molecular weight excluding hydrogens is 368 g/mol. The van der Waals surface area contributed by atoms with Gasteiger partial charge >= 0.3 is 0 Å². The summed E-state index contributed by atoms with van der Waals surface area (Å²) < 4.78 is 5.35. The first-order valence-corrected chi connectivity index (χ1v) is 10.7. The van der Waals surface area contributed by atoms with Gasteiger partial charge in [0.25, 0.3) is 5.56 Å². The lowest BCUT2D eigenvalue weighted by Crippen LogP contribution is -2.45. The third kappa shape index (κ3) is 5.24. The summed E-state index contributed by atoms with van der Waals surface area (Å²) in [5.74, 6) is 0.998. The zero-order chi connectivity index (χ0) is 22.0. The first-order chi connectivity index (χ1) is 13.3. The van der Waals surface area contributed by atoms with Crippen LogP contribution in [0.3, 0.4) is 0 Å². The SMILES string of the molecule is CCC(NC(=O)C1(C)CCC(C(C)(C)C)CC1)c1nnc(C(C)(C)OC)[nH]c1=O. The van der Waals surface area contributed by atoms with Gasteiger partial charge in [0, 0.05) is 12.5 Å². The standard InChI is InChI=1S/C22H38N4O3/c1-9-15(16-17(27)24-18(26-25-16)21(5,6)29-8)23-19(28)22(7)12-10-14(11-13-22)20(2,3)4/h14-15H,9-13H2,1-8H3,(H,23,28)(H,24,26,27). The van der Waals surface area contributed by atoms with Crippen molar-refractivity contribution >= 4 is 5.91 Å². The minimum atomic E-state index is -0.741. The predicted octanol–water partition coefficient (Wildman–Crippen LogP) is 3.86. The molecule has 1 aliphatic carbocycles. The fourth-order valence-corrected chi connectivity index (χ4v) is 3.99. The van der Waals surface area contributed by atoms with Crippen molar-refractivity contribution in [3.63, 3.8) is 0 Å². The predicted molar refractivity (Wildman–Crippen MR) is 113 cm³/mol. The first kappa shape index (κ1) is 23.5. The molecule has 1 amide bonds. The van der Waals surface area contributed by atoms with Gasteiger partial charge < -0.3 is 15.0 Å². The van der Waals surface area contributed by atoms with Gasteiger partial charge in [-0.3, -0.25) is 9.59 Å². The summed E-state index contributed by atoms with van der Waals surface area (Å²) in [4.78, 5) is 28.5. The van der Waals surface area contributed by atoms with Crippen LogP contribution in [-0.4, -0.2) is 28.2 Å². The Bertz CT molecular complexity index is 771. The molecule has 1 heterocycles. The number of amides is 1. The Labute approximate surface area is 174 Å². The van der Waals surface area contributed by atoms with Crippen LogP contribution in [0, 0.1) is 16.7 Å². The third-order valence-electron chi connectivity index (χ3n) is 6.71. The van der Waals surface area contributed by atoms with Crippen molar-refractivity contribution in [2.75, 3.05) is 7.11 Å². The van der Waals surface area contributed by atoms with Crippen LogP contribution >= 0.6 is 0 Å². The van der Waals surface area contributed by atoms with Crippen LogP contribution in [0.4, 0.5) is 0 Å². The summed E-state index contributed by atoms with van der Waals surface area (Å²) >= 11 is 0. The molecule has 0 aliphatic heterocycles. The topological polar surface area (TPSA) is 97.0 Å². The molecule has 1 aliphatic rings. The Kier molecular flexibility index (Phi) is 6.93. The van der Waals surface area contributed by atoms with Gasteiger partial charge in [-0.15, -0.1) is 10.2 Å². The minimum absolute atomic E-state index is 0.000734. The smallest absolute Gasteiger partial charge is 0.275 e. The molecule has 0 saturated heterocycles. The molecule has 164 valence electrons. The zero-order valence-electron chi connectivity index (χ0n) is 19.3. The summed E-state index contributed by atoms with van der Waals surface area (Å²) in [6, 6.07) is -0.462. The number of hydrogen-bond donors (Lipinski definition) is 2. The number of ether oxygens (including phenoxy) is 1. The van der Waals surface area contributed by atoms with Gasteiger partial charge in [-0.2, -0.15) is 0 Å². The molecule has 7 nitrogen and oxygen atoms in total. The van der Waals surface area contributed by atoms with Gasteiger partial charge in [0.1, 0.15) is 5.60 Å². The molecule has 1 atom stereocenters. The molecule has 2 rings (SSSR count). The van der Waals surface area contributed by atoms with E-state index in [0.29, 0.717) is 18.2 Å². The van der Waals surface area contributed by atoms with Crippen molar-refractivity contribution < 1.29 is 9.53 Å². The monoisotopic (exact) mass is 406 g/mol.